The number of nitrogens with one attached hydrogen (secondary N) is 3. The molecule has 0 aliphatic carbocycles. The molecule has 0 aliphatic rings. The van der Waals surface area contributed by atoms with Crippen molar-refractivity contribution in [2.24, 2.45) is 0 Å². The largest absolute Gasteiger partial charge is 0.495 e. The van der Waals surface area contributed by atoms with E-state index in [0.717, 1.165) is 0 Å². The predicted octanol–water partition coefficient (Wildman–Crippen LogP) is 4.74. The molecule has 0 spiro atoms. The fourth-order valence-electron chi connectivity index (χ4n) is 3.78. The number of rotatable bonds is 9. The number of ether oxygens (including phenoxy) is 5. The summed E-state index contributed by atoms with van der Waals surface area (Å²) in [6.45, 7) is 0. The molecule has 0 atom stereocenters. The van der Waals surface area contributed by atoms with E-state index in [4.69, 9.17) is 24.7 Å². The van der Waals surface area contributed by atoms with Gasteiger partial charge in [0.15, 0.2) is 0 Å². The van der Waals surface area contributed by atoms with E-state index in [0.29, 0.717) is 45.6 Å². The number of amides is 3. The lowest BCUT2D eigenvalue weighted by molar-refractivity contribution is 0.0592. The van der Waals surface area contributed by atoms with Crippen LogP contribution in [0.25, 0.3) is 0 Å². The van der Waals surface area contributed by atoms with Crippen molar-refractivity contribution < 1.29 is 42.9 Å². The Morgan fingerprint density at radius 1 is 0.696 bits per heavy atom. The summed E-state index contributed by atoms with van der Waals surface area (Å²) in [7, 11) is 7.09. The molecule has 1 aromatic heterocycles. The molecule has 0 radical (unpaired) electrons. The van der Waals surface area contributed by atoms with Gasteiger partial charge in [-0.3, -0.25) is 9.78 Å². The molecule has 4 rings (SSSR count). The smallest absolute Gasteiger partial charge is 0.337 e. The number of methoxy groups -OCH3 is 4. The van der Waals surface area contributed by atoms with E-state index >= 15 is 0 Å². The van der Waals surface area contributed by atoms with Gasteiger partial charge in [0.25, 0.3) is 5.91 Å². The van der Waals surface area contributed by atoms with E-state index in [1.54, 1.807) is 48.5 Å². The standard InChI is InChI=1S/C23H22N4O6.C9H11NO3/c1-24-21(28)19-13-17(10-11-25-19)33-16-7-5-15(6-8-16)26-23(30)27-18-12-14(22(29)32-3)4-9-20(18)31-2;1-12-8-4-3-6(5-7(8)10)9(11)13-2/h4-13H,1-3H3,(H,24,28)(H2,26,27,30);3-5H,10H2,1-2H3. The van der Waals surface area contributed by atoms with Crippen LogP contribution in [0.3, 0.4) is 0 Å². The zero-order valence-corrected chi connectivity index (χ0v) is 25.7. The number of aromatic nitrogens is 1. The van der Waals surface area contributed by atoms with Gasteiger partial charge in [0.05, 0.1) is 50.9 Å². The van der Waals surface area contributed by atoms with E-state index in [2.05, 4.69) is 25.7 Å². The topological polar surface area (TPSA) is 189 Å². The predicted molar refractivity (Wildman–Crippen MR) is 170 cm³/mol. The van der Waals surface area contributed by atoms with Gasteiger partial charge in [-0.2, -0.15) is 0 Å². The normalized spacial score (nSPS) is 9.85. The van der Waals surface area contributed by atoms with E-state index in [1.165, 1.54) is 65.9 Å². The average Bonchev–Trinajstić information content (AvgIpc) is 3.08. The number of nitrogens with two attached hydrogens (primary N) is 1. The first-order valence-corrected chi connectivity index (χ1v) is 13.4. The fourth-order valence-corrected chi connectivity index (χ4v) is 3.78. The van der Waals surface area contributed by atoms with Crippen LogP contribution in [0.2, 0.25) is 0 Å². The number of carbonyl (C=O) groups is 4. The number of urea groups is 1. The Kier molecular flexibility index (Phi) is 12.3. The number of hydrogen-bond acceptors (Lipinski definition) is 11. The summed E-state index contributed by atoms with van der Waals surface area (Å²) in [5.41, 5.74) is 7.74. The number of anilines is 3. The number of nitrogens with zero attached hydrogens (tertiary/aromatic N) is 1. The van der Waals surface area contributed by atoms with Gasteiger partial charge < -0.3 is 45.4 Å². The van der Waals surface area contributed by atoms with Crippen molar-refractivity contribution in [3.8, 4) is 23.0 Å². The first-order valence-electron chi connectivity index (χ1n) is 13.4. The van der Waals surface area contributed by atoms with Crippen LogP contribution in [0.1, 0.15) is 31.2 Å². The van der Waals surface area contributed by atoms with Crippen molar-refractivity contribution in [2.75, 3.05) is 51.9 Å². The molecule has 0 bridgehead atoms. The summed E-state index contributed by atoms with van der Waals surface area (Å²) in [4.78, 5) is 50.9. The van der Waals surface area contributed by atoms with Crippen LogP contribution in [0, 0.1) is 0 Å². The lowest BCUT2D eigenvalue weighted by Gasteiger charge is -2.13. The summed E-state index contributed by atoms with van der Waals surface area (Å²) in [6.07, 6.45) is 1.48. The highest BCUT2D eigenvalue weighted by atomic mass is 16.5. The van der Waals surface area contributed by atoms with Crippen LogP contribution >= 0.6 is 0 Å². The van der Waals surface area contributed by atoms with Crippen molar-refractivity contribution in [1.29, 1.82) is 0 Å². The molecule has 46 heavy (non-hydrogen) atoms. The quantitative estimate of drug-likeness (QED) is 0.147. The van der Waals surface area contributed by atoms with Crippen molar-refractivity contribution in [3.05, 3.63) is 95.8 Å². The molecule has 0 unspecified atom stereocenters. The zero-order valence-electron chi connectivity index (χ0n) is 25.7. The minimum atomic E-state index is -0.534. The molecular formula is C32H33N5O9. The fraction of sp³-hybridized carbons (Fsp3) is 0.156. The van der Waals surface area contributed by atoms with Crippen LogP contribution < -0.4 is 35.9 Å². The van der Waals surface area contributed by atoms with Crippen LogP contribution in [0.5, 0.6) is 23.0 Å². The second-order valence-corrected chi connectivity index (χ2v) is 9.02. The molecule has 14 heteroatoms. The number of pyridine rings is 1. The third kappa shape index (κ3) is 9.34. The van der Waals surface area contributed by atoms with Gasteiger partial charge in [-0.05, 0) is 66.7 Å². The average molecular weight is 632 g/mol. The monoisotopic (exact) mass is 631 g/mol. The van der Waals surface area contributed by atoms with E-state index in [-0.39, 0.29) is 17.2 Å². The van der Waals surface area contributed by atoms with Gasteiger partial charge in [-0.15, -0.1) is 0 Å². The van der Waals surface area contributed by atoms with Crippen molar-refractivity contribution >= 4 is 40.9 Å². The molecule has 0 saturated carbocycles. The van der Waals surface area contributed by atoms with Crippen LogP contribution in [0.4, 0.5) is 21.9 Å². The number of benzene rings is 3. The van der Waals surface area contributed by atoms with Crippen LogP contribution in [0.15, 0.2) is 79.0 Å². The van der Waals surface area contributed by atoms with Gasteiger partial charge in [-0.25, -0.2) is 14.4 Å². The SMILES string of the molecule is CNC(=O)c1cc(Oc2ccc(NC(=O)Nc3cc(C(=O)OC)ccc3OC)cc2)ccn1.COC(=O)c1ccc(OC)c(N)c1. The lowest BCUT2D eigenvalue weighted by atomic mass is 10.2. The van der Waals surface area contributed by atoms with Gasteiger partial charge in [0, 0.05) is 25.0 Å². The number of esters is 2. The molecule has 0 saturated heterocycles. The molecule has 1 heterocycles. The maximum Gasteiger partial charge on any atom is 0.337 e. The van der Waals surface area contributed by atoms with Gasteiger partial charge in [-0.1, -0.05) is 0 Å². The van der Waals surface area contributed by atoms with Crippen LogP contribution in [-0.2, 0) is 9.47 Å². The molecule has 3 amide bonds. The van der Waals surface area contributed by atoms with Crippen molar-refractivity contribution in [3.63, 3.8) is 0 Å². The third-order valence-corrected chi connectivity index (χ3v) is 6.06. The highest BCUT2D eigenvalue weighted by molar-refractivity contribution is 6.02. The minimum Gasteiger partial charge on any atom is -0.495 e. The van der Waals surface area contributed by atoms with Gasteiger partial charge >= 0.3 is 18.0 Å². The highest BCUT2D eigenvalue weighted by Crippen LogP contribution is 2.27. The third-order valence-electron chi connectivity index (χ3n) is 6.06. The summed E-state index contributed by atoms with van der Waals surface area (Å²) in [6, 6.07) is 18.5. The molecule has 0 fully saturated rings. The summed E-state index contributed by atoms with van der Waals surface area (Å²) >= 11 is 0. The second kappa shape index (κ2) is 16.5. The van der Waals surface area contributed by atoms with E-state index < -0.39 is 18.0 Å². The number of carbonyl (C=O) groups excluding carboxylic acids is 4. The summed E-state index contributed by atoms with van der Waals surface area (Å²) < 4.78 is 25.1. The molecule has 3 aromatic carbocycles. The van der Waals surface area contributed by atoms with Gasteiger partial charge in [0.1, 0.15) is 28.7 Å². The zero-order chi connectivity index (χ0) is 33.6. The highest BCUT2D eigenvalue weighted by Gasteiger charge is 2.13. The molecule has 0 aliphatic heterocycles. The maximum atomic E-state index is 12.4. The Bertz CT molecular complexity index is 1690. The minimum absolute atomic E-state index is 0.233. The van der Waals surface area contributed by atoms with Crippen molar-refractivity contribution in [1.82, 2.24) is 10.3 Å². The first-order chi connectivity index (χ1) is 22.1. The Labute approximate surface area is 264 Å². The number of hydrogen-bond donors (Lipinski definition) is 4. The molecule has 240 valence electrons. The molecular weight excluding hydrogens is 598 g/mol. The first kappa shape index (κ1) is 34.2. The van der Waals surface area contributed by atoms with Crippen molar-refractivity contribution in [2.45, 2.75) is 0 Å². The van der Waals surface area contributed by atoms with E-state index in [9.17, 15) is 19.2 Å². The Hall–Kier alpha value is -6.31. The Balaban J connectivity index is 0.000000370. The van der Waals surface area contributed by atoms with Crippen LogP contribution in [-0.4, -0.2) is 64.3 Å². The summed E-state index contributed by atoms with van der Waals surface area (Å²) in [5.74, 6) is 0.618. The Morgan fingerprint density at radius 3 is 1.87 bits per heavy atom. The molecule has 14 nitrogen and oxygen atoms in total. The maximum absolute atomic E-state index is 12.4. The lowest BCUT2D eigenvalue weighted by Crippen LogP contribution is -2.20. The summed E-state index contributed by atoms with van der Waals surface area (Å²) in [5, 5.41) is 7.83. The molecule has 5 N–H and O–H groups in total. The Morgan fingerprint density at radius 2 is 1.30 bits per heavy atom. The van der Waals surface area contributed by atoms with E-state index in [1.807, 2.05) is 0 Å². The second-order valence-electron chi connectivity index (χ2n) is 9.02. The number of nitrogen functional groups attached to an aromatic ring is 1. The van der Waals surface area contributed by atoms with Gasteiger partial charge in [0.2, 0.25) is 0 Å². The molecule has 4 aromatic rings.